The smallest absolute Gasteiger partial charge is 0.0606 e. The highest BCUT2D eigenvalue weighted by Crippen LogP contribution is 2.55. The van der Waals surface area contributed by atoms with Gasteiger partial charge in [-0.2, -0.15) is 0 Å². The Kier molecular flexibility index (Phi) is 10.5. The van der Waals surface area contributed by atoms with E-state index in [0.29, 0.717) is 13.1 Å². The molecule has 0 atom stereocenters. The molecule has 33 heavy (non-hydrogen) atoms. The SMILES string of the molecule is CCCCCCC1(CCCCCC)c2cc(I)ccc2-c2ccc(N(CCO)CCO)cc21. The van der Waals surface area contributed by atoms with Crippen molar-refractivity contribution in [3.63, 3.8) is 0 Å². The van der Waals surface area contributed by atoms with Crippen LogP contribution in [0.4, 0.5) is 5.69 Å². The van der Waals surface area contributed by atoms with Crippen LogP contribution in [-0.4, -0.2) is 36.5 Å². The molecule has 0 aromatic heterocycles. The minimum absolute atomic E-state index is 0.0629. The zero-order valence-corrected chi connectivity index (χ0v) is 22.7. The van der Waals surface area contributed by atoms with Gasteiger partial charge in [-0.05, 0) is 82.0 Å². The summed E-state index contributed by atoms with van der Waals surface area (Å²) < 4.78 is 1.31. The van der Waals surface area contributed by atoms with Crippen molar-refractivity contribution >= 4 is 28.3 Å². The van der Waals surface area contributed by atoms with Crippen LogP contribution >= 0.6 is 22.6 Å². The number of benzene rings is 2. The number of aliphatic hydroxyl groups excluding tert-OH is 2. The maximum Gasteiger partial charge on any atom is 0.0606 e. The molecule has 0 saturated heterocycles. The van der Waals surface area contributed by atoms with E-state index in [4.69, 9.17) is 0 Å². The fourth-order valence-electron chi connectivity index (χ4n) is 5.63. The van der Waals surface area contributed by atoms with Crippen LogP contribution in [0.25, 0.3) is 11.1 Å². The Balaban J connectivity index is 2.08. The van der Waals surface area contributed by atoms with Gasteiger partial charge in [-0.15, -0.1) is 0 Å². The summed E-state index contributed by atoms with van der Waals surface area (Å²) >= 11 is 2.47. The first kappa shape index (κ1) is 26.5. The van der Waals surface area contributed by atoms with Crippen LogP contribution in [0.2, 0.25) is 0 Å². The van der Waals surface area contributed by atoms with Gasteiger partial charge in [-0.3, -0.25) is 0 Å². The Morgan fingerprint density at radius 3 is 1.82 bits per heavy atom. The molecule has 0 unspecified atom stereocenters. The third kappa shape index (κ3) is 6.12. The Morgan fingerprint density at radius 2 is 1.27 bits per heavy atom. The molecule has 2 N–H and O–H groups in total. The molecule has 3 rings (SSSR count). The van der Waals surface area contributed by atoms with Crippen molar-refractivity contribution in [2.45, 2.75) is 83.5 Å². The van der Waals surface area contributed by atoms with Gasteiger partial charge >= 0.3 is 0 Å². The predicted molar refractivity (Wildman–Crippen MR) is 149 cm³/mol. The molecule has 0 radical (unpaired) electrons. The summed E-state index contributed by atoms with van der Waals surface area (Å²) in [5, 5.41) is 19.2. The summed E-state index contributed by atoms with van der Waals surface area (Å²) in [4.78, 5) is 2.12. The van der Waals surface area contributed by atoms with Gasteiger partial charge in [0.15, 0.2) is 0 Å². The minimum atomic E-state index is 0.0629. The van der Waals surface area contributed by atoms with Crippen LogP contribution in [0.15, 0.2) is 36.4 Å². The van der Waals surface area contributed by atoms with Crippen LogP contribution < -0.4 is 4.90 Å². The average Bonchev–Trinajstić information content (AvgIpc) is 3.08. The number of rotatable bonds is 15. The van der Waals surface area contributed by atoms with Crippen molar-refractivity contribution < 1.29 is 10.2 Å². The van der Waals surface area contributed by atoms with Gasteiger partial charge in [0.1, 0.15) is 0 Å². The molecule has 4 heteroatoms. The molecule has 0 fully saturated rings. The Labute approximate surface area is 214 Å². The monoisotopic (exact) mass is 563 g/mol. The van der Waals surface area contributed by atoms with Crippen molar-refractivity contribution in [1.29, 1.82) is 0 Å². The zero-order chi connectivity index (χ0) is 23.7. The predicted octanol–water partition coefficient (Wildman–Crippen LogP) is 7.29. The topological polar surface area (TPSA) is 43.7 Å². The maximum absolute atomic E-state index is 9.60. The third-order valence-electron chi connectivity index (χ3n) is 7.33. The van der Waals surface area contributed by atoms with E-state index in [-0.39, 0.29) is 18.6 Å². The fraction of sp³-hybridized carbons (Fsp3) is 0.586. The normalized spacial score (nSPS) is 13.7. The number of nitrogens with zero attached hydrogens (tertiary/aromatic N) is 1. The van der Waals surface area contributed by atoms with E-state index in [1.54, 1.807) is 0 Å². The van der Waals surface area contributed by atoms with Gasteiger partial charge in [-0.25, -0.2) is 0 Å². The first-order valence-corrected chi connectivity index (χ1v) is 14.1. The van der Waals surface area contributed by atoms with E-state index in [9.17, 15) is 10.2 Å². The summed E-state index contributed by atoms with van der Waals surface area (Å²) in [5.74, 6) is 0. The highest BCUT2D eigenvalue weighted by Gasteiger charge is 2.42. The highest BCUT2D eigenvalue weighted by atomic mass is 127. The van der Waals surface area contributed by atoms with Crippen LogP contribution in [0, 0.1) is 3.57 Å². The molecular formula is C29H42INO2. The molecule has 0 spiro atoms. The first-order chi connectivity index (χ1) is 16.1. The van der Waals surface area contributed by atoms with Crippen molar-refractivity contribution in [3.8, 4) is 11.1 Å². The van der Waals surface area contributed by atoms with Crippen LogP contribution in [0.3, 0.4) is 0 Å². The molecule has 0 heterocycles. The second-order valence-electron chi connectivity index (χ2n) is 9.56. The number of aliphatic hydroxyl groups is 2. The largest absolute Gasteiger partial charge is 0.395 e. The molecule has 1 aliphatic carbocycles. The van der Waals surface area contributed by atoms with Gasteiger partial charge in [0, 0.05) is 27.8 Å². The lowest BCUT2D eigenvalue weighted by Crippen LogP contribution is -2.30. The number of hydrogen-bond acceptors (Lipinski definition) is 3. The summed E-state index contributed by atoms with van der Waals surface area (Å²) in [7, 11) is 0. The van der Waals surface area contributed by atoms with Crippen LogP contribution in [0.1, 0.15) is 89.2 Å². The summed E-state index contributed by atoms with van der Waals surface area (Å²) in [6.45, 7) is 5.84. The number of fused-ring (bicyclic) bond motifs is 3. The first-order valence-electron chi connectivity index (χ1n) is 13.0. The molecule has 2 aromatic rings. The molecule has 0 saturated carbocycles. The fourth-order valence-corrected chi connectivity index (χ4v) is 6.13. The lowest BCUT2D eigenvalue weighted by Gasteiger charge is -2.34. The Hall–Kier alpha value is -1.11. The van der Waals surface area contributed by atoms with Gasteiger partial charge in [-0.1, -0.05) is 77.3 Å². The van der Waals surface area contributed by atoms with E-state index in [1.807, 2.05) is 0 Å². The summed E-state index contributed by atoms with van der Waals surface area (Å²) in [6.07, 6.45) is 12.6. The van der Waals surface area contributed by atoms with E-state index < -0.39 is 0 Å². The lowest BCUT2D eigenvalue weighted by atomic mass is 9.70. The van der Waals surface area contributed by atoms with Crippen molar-refractivity contribution in [3.05, 3.63) is 51.1 Å². The van der Waals surface area contributed by atoms with Gasteiger partial charge in [0.05, 0.1) is 13.2 Å². The number of anilines is 1. The second-order valence-corrected chi connectivity index (χ2v) is 10.8. The van der Waals surface area contributed by atoms with E-state index in [0.717, 1.165) is 5.69 Å². The lowest BCUT2D eigenvalue weighted by molar-refractivity contribution is 0.281. The second kappa shape index (κ2) is 13.1. The molecule has 0 bridgehead atoms. The number of unbranched alkanes of at least 4 members (excludes halogenated alkanes) is 6. The van der Waals surface area contributed by atoms with Gasteiger partial charge in [0.25, 0.3) is 0 Å². The van der Waals surface area contributed by atoms with Crippen molar-refractivity contribution in [1.82, 2.24) is 0 Å². The highest BCUT2D eigenvalue weighted by molar-refractivity contribution is 14.1. The summed E-state index contributed by atoms with van der Waals surface area (Å²) in [5.41, 5.74) is 6.94. The molecular weight excluding hydrogens is 521 g/mol. The molecule has 3 nitrogen and oxygen atoms in total. The molecule has 1 aliphatic rings. The van der Waals surface area contributed by atoms with E-state index >= 15 is 0 Å². The quantitative estimate of drug-likeness (QED) is 0.177. The van der Waals surface area contributed by atoms with Gasteiger partial charge < -0.3 is 15.1 Å². The Morgan fingerprint density at radius 1 is 0.727 bits per heavy atom. The average molecular weight is 564 g/mol. The van der Waals surface area contributed by atoms with E-state index in [1.165, 1.54) is 90.0 Å². The number of hydrogen-bond donors (Lipinski definition) is 2. The molecule has 0 amide bonds. The maximum atomic E-state index is 9.60. The Bertz CT molecular complexity index is 864. The third-order valence-corrected chi connectivity index (χ3v) is 8.00. The van der Waals surface area contributed by atoms with Crippen molar-refractivity contribution in [2.24, 2.45) is 0 Å². The standard InChI is InChI=1S/C29H42INO2/c1-3-5-7-9-15-29(16-10-8-6-4-2)27-21-23(30)11-13-25(27)26-14-12-24(22-28(26)29)31(17-19-32)18-20-33/h11-14,21-22,32-33H,3-10,15-20H2,1-2H3. The van der Waals surface area contributed by atoms with E-state index in [2.05, 4.69) is 77.7 Å². The van der Waals surface area contributed by atoms with Gasteiger partial charge in [0.2, 0.25) is 0 Å². The summed E-state index contributed by atoms with van der Waals surface area (Å²) in [6, 6.07) is 13.9. The van der Waals surface area contributed by atoms with Crippen molar-refractivity contribution in [2.75, 3.05) is 31.2 Å². The molecule has 0 aliphatic heterocycles. The molecule has 182 valence electrons. The zero-order valence-electron chi connectivity index (χ0n) is 20.6. The minimum Gasteiger partial charge on any atom is -0.395 e. The van der Waals surface area contributed by atoms with Crippen LogP contribution in [-0.2, 0) is 5.41 Å². The van der Waals surface area contributed by atoms with Crippen LogP contribution in [0.5, 0.6) is 0 Å². The molecule has 2 aromatic carbocycles. The number of halogens is 1.